The van der Waals surface area contributed by atoms with Crippen LogP contribution in [0.4, 0.5) is 0 Å². The van der Waals surface area contributed by atoms with Crippen molar-refractivity contribution in [3.05, 3.63) is 65.2 Å². The third-order valence-corrected chi connectivity index (χ3v) is 3.38. The minimum Gasteiger partial charge on any atom is -0.494 e. The number of nitrogens with one attached hydrogen (secondary N) is 2. The molecule has 0 heterocycles. The van der Waals surface area contributed by atoms with Gasteiger partial charge in [0.15, 0.2) is 6.61 Å². The third kappa shape index (κ3) is 6.86. The van der Waals surface area contributed by atoms with E-state index < -0.39 is 11.8 Å². The molecule has 0 aliphatic rings. The van der Waals surface area contributed by atoms with Gasteiger partial charge in [-0.15, -0.1) is 0 Å². The molecule has 0 radical (unpaired) electrons. The van der Waals surface area contributed by atoms with Crippen LogP contribution in [0, 0.1) is 0 Å². The molecule has 0 spiro atoms. The molecule has 0 saturated carbocycles. The van der Waals surface area contributed by atoms with Gasteiger partial charge >= 0.3 is 0 Å². The Morgan fingerprint density at radius 3 is 2.23 bits per heavy atom. The molecule has 7 heteroatoms. The van der Waals surface area contributed by atoms with Gasteiger partial charge in [0.05, 0.1) is 6.61 Å². The van der Waals surface area contributed by atoms with Crippen LogP contribution in [-0.2, 0) is 9.59 Å². The third-order valence-electron chi connectivity index (χ3n) is 3.13. The molecule has 2 aromatic rings. The largest absolute Gasteiger partial charge is 0.494 e. The molecule has 2 amide bonds. The maximum absolute atomic E-state index is 11.7. The zero-order valence-electron chi connectivity index (χ0n) is 14.2. The number of hydrogen-bond donors (Lipinski definition) is 2. The molecule has 26 heavy (non-hydrogen) atoms. The number of carbonyl (C=O) groups is 2. The maximum Gasteiger partial charge on any atom is 0.276 e. The molecule has 2 N–H and O–H groups in total. The number of carbonyl (C=O) groups excluding carboxylic acids is 2. The molecule has 0 aliphatic carbocycles. The highest BCUT2D eigenvalue weighted by molar-refractivity contribution is 6.30. The monoisotopic (exact) mass is 374 g/mol. The van der Waals surface area contributed by atoms with Crippen molar-refractivity contribution < 1.29 is 19.1 Å². The molecule has 0 aromatic heterocycles. The Morgan fingerprint density at radius 2 is 1.58 bits per heavy atom. The van der Waals surface area contributed by atoms with E-state index in [1.807, 2.05) is 31.2 Å². The molecule has 2 rings (SSSR count). The van der Waals surface area contributed by atoms with E-state index >= 15 is 0 Å². The Morgan fingerprint density at radius 1 is 0.962 bits per heavy atom. The highest BCUT2D eigenvalue weighted by atomic mass is 35.5. The van der Waals surface area contributed by atoms with Gasteiger partial charge < -0.3 is 9.47 Å². The predicted octanol–water partition coefficient (Wildman–Crippen LogP) is 2.98. The number of hydrogen-bond acceptors (Lipinski definition) is 4. The van der Waals surface area contributed by atoms with Crippen molar-refractivity contribution in [1.82, 2.24) is 10.9 Å². The van der Waals surface area contributed by atoms with Crippen molar-refractivity contribution in [1.29, 1.82) is 0 Å². The van der Waals surface area contributed by atoms with Crippen molar-refractivity contribution in [2.24, 2.45) is 0 Å². The SMILES string of the molecule is CCOc1ccc(/C=C/C(=O)NNC(=O)COc2ccc(Cl)cc2)cc1. The highest BCUT2D eigenvalue weighted by Gasteiger charge is 2.04. The summed E-state index contributed by atoms with van der Waals surface area (Å²) in [5.41, 5.74) is 5.38. The van der Waals surface area contributed by atoms with Gasteiger partial charge in [-0.05, 0) is 55.0 Å². The van der Waals surface area contributed by atoms with E-state index in [9.17, 15) is 9.59 Å². The highest BCUT2D eigenvalue weighted by Crippen LogP contribution is 2.15. The van der Waals surface area contributed by atoms with Crippen LogP contribution in [0.1, 0.15) is 12.5 Å². The van der Waals surface area contributed by atoms with E-state index in [0.717, 1.165) is 11.3 Å². The lowest BCUT2D eigenvalue weighted by Crippen LogP contribution is -2.43. The fourth-order valence-corrected chi connectivity index (χ4v) is 2.03. The predicted molar refractivity (Wildman–Crippen MR) is 99.9 cm³/mol. The Balaban J connectivity index is 1.71. The van der Waals surface area contributed by atoms with Crippen LogP contribution in [0.5, 0.6) is 11.5 Å². The second-order valence-corrected chi connectivity index (χ2v) is 5.55. The van der Waals surface area contributed by atoms with E-state index in [0.29, 0.717) is 17.4 Å². The summed E-state index contributed by atoms with van der Waals surface area (Å²) in [6, 6.07) is 13.9. The number of benzene rings is 2. The molecule has 6 nitrogen and oxygen atoms in total. The van der Waals surface area contributed by atoms with Crippen LogP contribution in [0.3, 0.4) is 0 Å². The average molecular weight is 375 g/mol. The second-order valence-electron chi connectivity index (χ2n) is 5.12. The van der Waals surface area contributed by atoms with Gasteiger partial charge in [-0.25, -0.2) is 0 Å². The van der Waals surface area contributed by atoms with Gasteiger partial charge in [-0.3, -0.25) is 20.4 Å². The molecule has 0 unspecified atom stereocenters. The smallest absolute Gasteiger partial charge is 0.276 e. The first kappa shape index (κ1) is 19.3. The number of halogens is 1. The molecule has 0 bridgehead atoms. The number of amides is 2. The summed E-state index contributed by atoms with van der Waals surface area (Å²) in [6.45, 7) is 2.27. The number of hydrazine groups is 1. The van der Waals surface area contributed by atoms with E-state index in [4.69, 9.17) is 21.1 Å². The standard InChI is InChI=1S/C19H19ClN2O4/c1-2-25-16-8-3-14(4-9-16)5-12-18(23)21-22-19(24)13-26-17-10-6-15(20)7-11-17/h3-12H,2,13H2,1H3,(H,21,23)(H,22,24)/b12-5+. The van der Waals surface area contributed by atoms with Crippen molar-refractivity contribution in [2.75, 3.05) is 13.2 Å². The Hall–Kier alpha value is -2.99. The first-order chi connectivity index (χ1) is 12.6. The molecule has 0 fully saturated rings. The summed E-state index contributed by atoms with van der Waals surface area (Å²) in [7, 11) is 0. The topological polar surface area (TPSA) is 76.7 Å². The molecule has 0 aliphatic heterocycles. The normalized spacial score (nSPS) is 10.4. The summed E-state index contributed by atoms with van der Waals surface area (Å²) in [5.74, 6) is 0.329. The molecular weight excluding hydrogens is 356 g/mol. The van der Waals surface area contributed by atoms with Gasteiger partial charge in [0.25, 0.3) is 11.8 Å². The van der Waals surface area contributed by atoms with Gasteiger partial charge in [-0.1, -0.05) is 23.7 Å². The zero-order chi connectivity index (χ0) is 18.8. The van der Waals surface area contributed by atoms with Gasteiger partial charge in [0.1, 0.15) is 11.5 Å². The first-order valence-electron chi connectivity index (χ1n) is 7.95. The van der Waals surface area contributed by atoms with Crippen molar-refractivity contribution in [2.45, 2.75) is 6.92 Å². The quantitative estimate of drug-likeness (QED) is 0.577. The molecular formula is C19H19ClN2O4. The summed E-state index contributed by atoms with van der Waals surface area (Å²) in [6.07, 6.45) is 2.94. The fraction of sp³-hybridized carbons (Fsp3) is 0.158. The maximum atomic E-state index is 11.7. The fourth-order valence-electron chi connectivity index (χ4n) is 1.90. The summed E-state index contributed by atoms with van der Waals surface area (Å²) >= 11 is 5.76. The van der Waals surface area contributed by atoms with E-state index in [-0.39, 0.29) is 6.61 Å². The Kier molecular flexibility index (Phi) is 7.51. The minimum atomic E-state index is -0.484. The van der Waals surface area contributed by atoms with Gasteiger partial charge in [0, 0.05) is 11.1 Å². The molecule has 0 saturated heterocycles. The lowest BCUT2D eigenvalue weighted by atomic mass is 10.2. The van der Waals surface area contributed by atoms with Crippen LogP contribution >= 0.6 is 11.6 Å². The van der Waals surface area contributed by atoms with Gasteiger partial charge in [0.2, 0.25) is 0 Å². The lowest BCUT2D eigenvalue weighted by Gasteiger charge is -2.07. The van der Waals surface area contributed by atoms with Crippen molar-refractivity contribution in [3.8, 4) is 11.5 Å². The molecule has 0 atom stereocenters. The summed E-state index contributed by atoms with van der Waals surface area (Å²) in [4.78, 5) is 23.4. The summed E-state index contributed by atoms with van der Waals surface area (Å²) < 4.78 is 10.6. The van der Waals surface area contributed by atoms with Crippen molar-refractivity contribution in [3.63, 3.8) is 0 Å². The second kappa shape index (κ2) is 10.1. The number of ether oxygens (including phenoxy) is 2. The van der Waals surface area contributed by atoms with Crippen LogP contribution < -0.4 is 20.3 Å². The van der Waals surface area contributed by atoms with Crippen molar-refractivity contribution >= 4 is 29.5 Å². The van der Waals surface area contributed by atoms with Crippen LogP contribution in [0.25, 0.3) is 6.08 Å². The first-order valence-corrected chi connectivity index (χ1v) is 8.32. The molecule has 136 valence electrons. The molecule has 2 aromatic carbocycles. The lowest BCUT2D eigenvalue weighted by molar-refractivity contribution is -0.128. The zero-order valence-corrected chi connectivity index (χ0v) is 15.0. The minimum absolute atomic E-state index is 0.232. The van der Waals surface area contributed by atoms with E-state index in [1.165, 1.54) is 6.08 Å². The van der Waals surface area contributed by atoms with Gasteiger partial charge in [-0.2, -0.15) is 0 Å². The Bertz CT molecular complexity index is 758. The average Bonchev–Trinajstić information content (AvgIpc) is 2.65. The van der Waals surface area contributed by atoms with E-state index in [2.05, 4.69) is 10.9 Å². The van der Waals surface area contributed by atoms with Crippen LogP contribution in [-0.4, -0.2) is 25.0 Å². The Labute approximate surface area is 156 Å². The van der Waals surface area contributed by atoms with E-state index in [1.54, 1.807) is 30.3 Å². The number of rotatable bonds is 7. The van der Waals surface area contributed by atoms with Crippen LogP contribution in [0.2, 0.25) is 5.02 Å². The summed E-state index contributed by atoms with van der Waals surface area (Å²) in [5, 5.41) is 0.577. The van der Waals surface area contributed by atoms with Crippen LogP contribution in [0.15, 0.2) is 54.6 Å².